The van der Waals surface area contributed by atoms with Crippen LogP contribution in [-0.4, -0.2) is 20.9 Å². The summed E-state index contributed by atoms with van der Waals surface area (Å²) < 4.78 is 0. The van der Waals surface area contributed by atoms with E-state index in [1.54, 1.807) is 0 Å². The summed E-state index contributed by atoms with van der Waals surface area (Å²) in [5.74, 6) is 0.547. The summed E-state index contributed by atoms with van der Waals surface area (Å²) in [7, 11) is 0. The van der Waals surface area contributed by atoms with Gasteiger partial charge in [0.15, 0.2) is 5.78 Å². The van der Waals surface area contributed by atoms with Gasteiger partial charge in [-0.3, -0.25) is 9.78 Å². The number of allylic oxidation sites excluding steroid dienone is 2. The van der Waals surface area contributed by atoms with Crippen LogP contribution in [0.25, 0.3) is 32.8 Å². The number of hydrogen-bond donors (Lipinski definition) is 1. The van der Waals surface area contributed by atoms with E-state index >= 15 is 0 Å². The van der Waals surface area contributed by atoms with Crippen LogP contribution in [0, 0.1) is 23.3 Å². The molecule has 0 bridgehead atoms. The number of pyridine rings is 2. The first kappa shape index (κ1) is 35.6. The fourth-order valence-electron chi connectivity index (χ4n) is 6.62. The number of benzene rings is 2. The smallest absolute Gasteiger partial charge is 0.162 e. The Kier molecular flexibility index (Phi) is 11.7. The average molecular weight is 770 g/mol. The second-order valence-electron chi connectivity index (χ2n) is 13.8. The van der Waals surface area contributed by atoms with E-state index in [2.05, 4.69) is 76.0 Å². The number of ketones is 1. The summed E-state index contributed by atoms with van der Waals surface area (Å²) >= 11 is 0. The number of carbonyl (C=O) groups is 1. The van der Waals surface area contributed by atoms with Crippen molar-refractivity contribution in [3.8, 4) is 11.3 Å². The van der Waals surface area contributed by atoms with E-state index in [1.165, 1.54) is 44.3 Å². The van der Waals surface area contributed by atoms with Crippen LogP contribution in [0.5, 0.6) is 0 Å². The third-order valence-corrected chi connectivity index (χ3v) is 9.02. The maximum absolute atomic E-state index is 11.7. The predicted octanol–water partition coefficient (Wildman–Crippen LogP) is 10.3. The minimum atomic E-state index is -0.142. The van der Waals surface area contributed by atoms with Gasteiger partial charge in [0.1, 0.15) is 0 Å². The fraction of sp³-hybridized carbons (Fsp3) is 0.462. The topological polar surface area (TPSA) is 63.1 Å². The molecule has 1 aliphatic rings. The Balaban J connectivity index is 0.000000286. The van der Waals surface area contributed by atoms with Crippen molar-refractivity contribution in [3.63, 3.8) is 0 Å². The summed E-state index contributed by atoms with van der Waals surface area (Å²) in [5.41, 5.74) is 6.32. The maximum atomic E-state index is 11.7. The quantitative estimate of drug-likeness (QED) is 0.110. The van der Waals surface area contributed by atoms with Gasteiger partial charge in [0.2, 0.25) is 0 Å². The molecule has 5 rings (SSSR count). The molecule has 5 heteroatoms. The molecule has 2 aromatic heterocycles. The molecule has 0 saturated heterocycles. The van der Waals surface area contributed by atoms with Crippen molar-refractivity contribution in [1.29, 1.82) is 0 Å². The van der Waals surface area contributed by atoms with E-state index in [1.807, 2.05) is 46.3 Å². The number of carbonyl (C=O) groups excluding carboxylic acids is 1. The Morgan fingerprint density at radius 2 is 1.61 bits per heavy atom. The second-order valence-corrected chi connectivity index (χ2v) is 13.8. The predicted molar refractivity (Wildman–Crippen MR) is 180 cm³/mol. The average Bonchev–Trinajstić information content (AvgIpc) is 2.96. The maximum Gasteiger partial charge on any atom is 0.162 e. The Bertz CT molecular complexity index is 1640. The first-order valence-corrected chi connectivity index (χ1v) is 16.0. The van der Waals surface area contributed by atoms with Crippen LogP contribution in [-0.2, 0) is 36.7 Å². The van der Waals surface area contributed by atoms with Gasteiger partial charge < -0.3 is 10.1 Å². The van der Waals surface area contributed by atoms with Crippen molar-refractivity contribution in [2.24, 2.45) is 17.3 Å². The van der Waals surface area contributed by atoms with Crippen molar-refractivity contribution < 1.29 is 30.0 Å². The van der Waals surface area contributed by atoms with Crippen LogP contribution in [0.2, 0.25) is 0 Å². The van der Waals surface area contributed by atoms with Crippen molar-refractivity contribution >= 4 is 27.3 Å². The number of rotatable bonds is 8. The Morgan fingerprint density at radius 1 is 0.977 bits per heavy atom. The molecule has 0 aliphatic heterocycles. The minimum absolute atomic E-state index is 0. The van der Waals surface area contributed by atoms with E-state index < -0.39 is 0 Å². The van der Waals surface area contributed by atoms with Gasteiger partial charge in [0.05, 0.1) is 5.76 Å². The molecule has 2 heterocycles. The minimum Gasteiger partial charge on any atom is -0.512 e. The summed E-state index contributed by atoms with van der Waals surface area (Å²) in [4.78, 5) is 20.9. The van der Waals surface area contributed by atoms with Gasteiger partial charge in [-0.25, -0.2) is 0 Å². The molecular formula is C39H49IrN2O2-. The molecule has 237 valence electrons. The SMILES string of the molecule is CC(C)(C)Cc1cc2c3c(nccc3c1)-c1[c-]cc3ccncc3c1C2(C)C.CCC(CC)C(=O)/C=C(\O)C(CC)CC.[Ir]. The zero-order valence-corrected chi connectivity index (χ0v) is 30.4. The molecule has 44 heavy (non-hydrogen) atoms. The van der Waals surface area contributed by atoms with Gasteiger partial charge in [-0.15, -0.1) is 23.3 Å². The Morgan fingerprint density at radius 3 is 2.23 bits per heavy atom. The van der Waals surface area contributed by atoms with Crippen LogP contribution in [0.4, 0.5) is 0 Å². The molecule has 0 saturated carbocycles. The molecule has 0 unspecified atom stereocenters. The van der Waals surface area contributed by atoms with Gasteiger partial charge in [0.25, 0.3) is 0 Å². The first-order chi connectivity index (χ1) is 20.4. The molecule has 2 aromatic carbocycles. The first-order valence-electron chi connectivity index (χ1n) is 16.0. The van der Waals surface area contributed by atoms with E-state index in [4.69, 9.17) is 4.98 Å². The van der Waals surface area contributed by atoms with Gasteiger partial charge in [-0.2, -0.15) is 0 Å². The molecule has 0 fully saturated rings. The van der Waals surface area contributed by atoms with Crippen LogP contribution in [0.15, 0.2) is 60.8 Å². The molecular weight excluding hydrogens is 721 g/mol. The normalized spacial score (nSPS) is 13.8. The molecule has 0 atom stereocenters. The van der Waals surface area contributed by atoms with Crippen molar-refractivity contribution in [3.05, 3.63) is 83.5 Å². The summed E-state index contributed by atoms with van der Waals surface area (Å²) in [5, 5.41) is 14.7. The van der Waals surface area contributed by atoms with Gasteiger partial charge in [0, 0.05) is 56.6 Å². The van der Waals surface area contributed by atoms with Crippen LogP contribution in [0.1, 0.15) is 105 Å². The van der Waals surface area contributed by atoms with Crippen molar-refractivity contribution in [1.82, 2.24) is 9.97 Å². The molecule has 1 aliphatic carbocycles. The third-order valence-electron chi connectivity index (χ3n) is 9.02. The largest absolute Gasteiger partial charge is 0.512 e. The standard InChI is InChI=1S/C26H25N2.C13H24O2.Ir/c1-25(2,3)14-16-12-18-9-11-28-24-19-7-6-17-8-10-27-15-20(17)23(19)26(4,5)21(13-16)22(18)24;1-5-10(6-2)12(14)9-13(15)11(7-3)8-4;/h6,8-13,15H,14H2,1-5H3;9-11,14H,5-8H2,1-4H3;/q-1;;/b;12-9-;. The number of fused-ring (bicyclic) bond motifs is 4. The third kappa shape index (κ3) is 7.32. The summed E-state index contributed by atoms with van der Waals surface area (Å²) in [6.07, 6.45) is 11.7. The van der Waals surface area contributed by atoms with E-state index in [-0.39, 0.29) is 54.3 Å². The van der Waals surface area contributed by atoms with E-state index in [0.717, 1.165) is 43.4 Å². The Hall–Kier alpha value is -2.88. The second kappa shape index (κ2) is 14.5. The van der Waals surface area contributed by atoms with E-state index in [9.17, 15) is 9.90 Å². The summed E-state index contributed by atoms with van der Waals surface area (Å²) in [6, 6.07) is 14.6. The molecule has 4 aromatic rings. The van der Waals surface area contributed by atoms with Crippen molar-refractivity contribution in [2.75, 3.05) is 0 Å². The molecule has 4 nitrogen and oxygen atoms in total. The monoisotopic (exact) mass is 770 g/mol. The zero-order chi connectivity index (χ0) is 31.5. The number of aromatic nitrogens is 2. The number of aliphatic hydroxyl groups excluding tert-OH is 1. The van der Waals surface area contributed by atoms with Gasteiger partial charge in [-0.1, -0.05) is 91.3 Å². The van der Waals surface area contributed by atoms with Crippen molar-refractivity contribution in [2.45, 2.75) is 99.8 Å². The van der Waals surface area contributed by atoms with Crippen LogP contribution in [0.3, 0.4) is 0 Å². The molecule has 1 radical (unpaired) electrons. The number of nitrogens with zero attached hydrogens (tertiary/aromatic N) is 2. The van der Waals surface area contributed by atoms with Crippen LogP contribution >= 0.6 is 0 Å². The Labute approximate surface area is 278 Å². The number of hydrogen-bond acceptors (Lipinski definition) is 4. The molecule has 1 N–H and O–H groups in total. The summed E-state index contributed by atoms with van der Waals surface area (Å²) in [6.45, 7) is 19.6. The zero-order valence-electron chi connectivity index (χ0n) is 28.0. The van der Waals surface area contributed by atoms with Gasteiger partial charge >= 0.3 is 0 Å². The number of aliphatic hydroxyl groups is 1. The van der Waals surface area contributed by atoms with E-state index in [0.29, 0.717) is 0 Å². The molecule has 0 amide bonds. The fourth-order valence-corrected chi connectivity index (χ4v) is 6.62. The molecule has 0 spiro atoms. The van der Waals surface area contributed by atoms with Crippen LogP contribution < -0.4 is 0 Å². The van der Waals surface area contributed by atoms with Gasteiger partial charge in [-0.05, 0) is 76.6 Å².